The Kier molecular flexibility index (Phi) is 3.24. The molecule has 0 heterocycles. The Bertz CT molecular complexity index is 391. The van der Waals surface area contributed by atoms with Crippen LogP contribution in [0, 0.1) is 6.92 Å². The molecular weight excluding hydrogens is 204 g/mol. The summed E-state index contributed by atoms with van der Waals surface area (Å²) >= 11 is 0. The molecule has 5 heteroatoms. The quantitative estimate of drug-likeness (QED) is 0.622. The second-order valence-electron chi connectivity index (χ2n) is 3.14. The number of nitrogen functional groups attached to an aromatic ring is 1. The van der Waals surface area contributed by atoms with E-state index in [9.17, 15) is 13.6 Å². The normalized spacial score (nSPS) is 10.5. The zero-order valence-corrected chi connectivity index (χ0v) is 8.38. The number of benzene rings is 1. The third kappa shape index (κ3) is 2.65. The van der Waals surface area contributed by atoms with Crippen molar-refractivity contribution in [3.05, 3.63) is 23.3 Å². The van der Waals surface area contributed by atoms with Crippen molar-refractivity contribution in [2.45, 2.75) is 20.5 Å². The van der Waals surface area contributed by atoms with E-state index in [1.54, 1.807) is 6.92 Å². The lowest BCUT2D eigenvalue weighted by Gasteiger charge is -2.10. The van der Waals surface area contributed by atoms with Gasteiger partial charge in [-0.2, -0.15) is 8.78 Å². The summed E-state index contributed by atoms with van der Waals surface area (Å²) in [6.45, 7) is -0.0160. The molecule has 0 spiro atoms. The molecule has 1 aromatic carbocycles. The molecule has 0 amide bonds. The van der Waals surface area contributed by atoms with Crippen LogP contribution in [0.4, 0.5) is 14.5 Å². The van der Waals surface area contributed by atoms with Crippen molar-refractivity contribution in [3.63, 3.8) is 0 Å². The maximum absolute atomic E-state index is 12.0. The molecule has 0 aliphatic heterocycles. The van der Waals surface area contributed by atoms with Crippen molar-refractivity contribution in [1.29, 1.82) is 0 Å². The Balaban J connectivity index is 3.17. The number of ether oxygens (including phenoxy) is 1. The maximum atomic E-state index is 12.0. The lowest BCUT2D eigenvalue weighted by atomic mass is 10.1. The van der Waals surface area contributed by atoms with E-state index in [4.69, 9.17) is 5.73 Å². The van der Waals surface area contributed by atoms with Gasteiger partial charge in [0.1, 0.15) is 5.75 Å². The van der Waals surface area contributed by atoms with Gasteiger partial charge in [-0.15, -0.1) is 0 Å². The fourth-order valence-corrected chi connectivity index (χ4v) is 1.24. The van der Waals surface area contributed by atoms with E-state index in [0.29, 0.717) is 5.56 Å². The van der Waals surface area contributed by atoms with Crippen LogP contribution in [0.25, 0.3) is 0 Å². The van der Waals surface area contributed by atoms with Crippen molar-refractivity contribution in [2.75, 3.05) is 5.73 Å². The number of nitrogens with two attached hydrogens (primary N) is 1. The van der Waals surface area contributed by atoms with Gasteiger partial charge in [0.15, 0.2) is 5.78 Å². The smallest absolute Gasteiger partial charge is 0.387 e. The Hall–Kier alpha value is -1.65. The van der Waals surface area contributed by atoms with E-state index < -0.39 is 6.61 Å². The zero-order valence-electron chi connectivity index (χ0n) is 8.38. The van der Waals surface area contributed by atoms with Crippen molar-refractivity contribution >= 4 is 11.5 Å². The maximum Gasteiger partial charge on any atom is 0.387 e. The molecule has 3 nitrogen and oxygen atoms in total. The van der Waals surface area contributed by atoms with Gasteiger partial charge in [0.05, 0.1) is 0 Å². The molecule has 2 N–H and O–H groups in total. The van der Waals surface area contributed by atoms with E-state index in [-0.39, 0.29) is 22.8 Å². The highest BCUT2D eigenvalue weighted by Crippen LogP contribution is 2.26. The van der Waals surface area contributed by atoms with Gasteiger partial charge in [-0.25, -0.2) is 0 Å². The molecule has 0 saturated heterocycles. The SMILES string of the molecule is CC(=O)c1cc(OC(F)F)c(C)cc1N. The lowest BCUT2D eigenvalue weighted by molar-refractivity contribution is -0.0503. The Morgan fingerprint density at radius 1 is 1.47 bits per heavy atom. The molecule has 0 aliphatic rings. The van der Waals surface area contributed by atoms with Gasteiger partial charge in [-0.05, 0) is 31.5 Å². The third-order valence-electron chi connectivity index (χ3n) is 1.94. The molecule has 0 atom stereocenters. The van der Waals surface area contributed by atoms with Gasteiger partial charge in [-0.3, -0.25) is 4.79 Å². The highest BCUT2D eigenvalue weighted by atomic mass is 19.3. The highest BCUT2D eigenvalue weighted by molar-refractivity contribution is 5.99. The second-order valence-corrected chi connectivity index (χ2v) is 3.14. The van der Waals surface area contributed by atoms with Crippen LogP contribution >= 0.6 is 0 Å². The fourth-order valence-electron chi connectivity index (χ4n) is 1.24. The minimum absolute atomic E-state index is 0.0237. The fraction of sp³-hybridized carbons (Fsp3) is 0.300. The minimum Gasteiger partial charge on any atom is -0.435 e. The van der Waals surface area contributed by atoms with Gasteiger partial charge in [0.2, 0.25) is 0 Å². The molecule has 0 radical (unpaired) electrons. The number of carbonyl (C=O) groups is 1. The number of aryl methyl sites for hydroxylation is 1. The first-order chi connectivity index (χ1) is 6.91. The van der Waals surface area contributed by atoms with Gasteiger partial charge in [0, 0.05) is 11.3 Å². The monoisotopic (exact) mass is 215 g/mol. The summed E-state index contributed by atoms with van der Waals surface area (Å²) < 4.78 is 28.2. The number of anilines is 1. The van der Waals surface area contributed by atoms with Crippen LogP contribution in [-0.2, 0) is 0 Å². The van der Waals surface area contributed by atoms with Gasteiger partial charge in [0.25, 0.3) is 0 Å². The molecule has 0 fully saturated rings. The van der Waals surface area contributed by atoms with Crippen molar-refractivity contribution < 1.29 is 18.3 Å². The molecule has 1 aromatic rings. The first-order valence-corrected chi connectivity index (χ1v) is 4.27. The summed E-state index contributed by atoms with van der Waals surface area (Å²) in [6, 6.07) is 2.67. The molecule has 0 aliphatic carbocycles. The Morgan fingerprint density at radius 3 is 2.53 bits per heavy atom. The standard InChI is InChI=1S/C10H11F2NO2/c1-5-3-8(13)7(6(2)14)4-9(5)15-10(11)12/h3-4,10H,13H2,1-2H3. The zero-order chi connectivity index (χ0) is 11.6. The van der Waals surface area contributed by atoms with E-state index in [2.05, 4.69) is 4.74 Å². The molecule has 15 heavy (non-hydrogen) atoms. The van der Waals surface area contributed by atoms with Crippen molar-refractivity contribution in [3.8, 4) is 5.75 Å². The van der Waals surface area contributed by atoms with Crippen LogP contribution in [0.1, 0.15) is 22.8 Å². The summed E-state index contributed by atoms with van der Waals surface area (Å²) in [4.78, 5) is 11.1. The summed E-state index contributed by atoms with van der Waals surface area (Å²) in [7, 11) is 0. The molecule has 0 saturated carbocycles. The second kappa shape index (κ2) is 4.25. The molecule has 0 aromatic heterocycles. The molecule has 0 bridgehead atoms. The Morgan fingerprint density at radius 2 is 2.07 bits per heavy atom. The molecule has 1 rings (SSSR count). The number of rotatable bonds is 3. The number of Topliss-reactive ketones (excluding diaryl/α,β-unsaturated/α-hetero) is 1. The minimum atomic E-state index is -2.91. The number of alkyl halides is 2. The van der Waals surface area contributed by atoms with Crippen LogP contribution in [0.2, 0.25) is 0 Å². The molecule has 82 valence electrons. The number of hydrogen-bond donors (Lipinski definition) is 1. The average molecular weight is 215 g/mol. The average Bonchev–Trinajstić information content (AvgIpc) is 2.08. The van der Waals surface area contributed by atoms with E-state index in [1.165, 1.54) is 19.1 Å². The lowest BCUT2D eigenvalue weighted by Crippen LogP contribution is -2.06. The van der Waals surface area contributed by atoms with Gasteiger partial charge >= 0.3 is 6.61 Å². The van der Waals surface area contributed by atoms with Crippen LogP contribution in [0.3, 0.4) is 0 Å². The van der Waals surface area contributed by atoms with E-state index in [1.807, 2.05) is 0 Å². The topological polar surface area (TPSA) is 52.3 Å². The summed E-state index contributed by atoms with van der Waals surface area (Å²) in [6.07, 6.45) is 0. The summed E-state index contributed by atoms with van der Waals surface area (Å²) in [5, 5.41) is 0. The van der Waals surface area contributed by atoms with Crippen LogP contribution in [0.5, 0.6) is 5.75 Å². The van der Waals surface area contributed by atoms with Crippen LogP contribution in [-0.4, -0.2) is 12.4 Å². The third-order valence-corrected chi connectivity index (χ3v) is 1.94. The predicted molar refractivity (Wildman–Crippen MR) is 52.2 cm³/mol. The van der Waals surface area contributed by atoms with Gasteiger partial charge < -0.3 is 10.5 Å². The van der Waals surface area contributed by atoms with E-state index >= 15 is 0 Å². The van der Waals surface area contributed by atoms with Crippen molar-refractivity contribution in [1.82, 2.24) is 0 Å². The molecular formula is C10H11F2NO2. The Labute approximate surface area is 85.8 Å². The van der Waals surface area contributed by atoms with Crippen LogP contribution < -0.4 is 10.5 Å². The summed E-state index contributed by atoms with van der Waals surface area (Å²) in [5.74, 6) is -0.309. The number of ketones is 1. The number of halogens is 2. The first kappa shape index (κ1) is 11.4. The number of carbonyl (C=O) groups excluding carboxylic acids is 1. The van der Waals surface area contributed by atoms with Crippen molar-refractivity contribution in [2.24, 2.45) is 0 Å². The largest absolute Gasteiger partial charge is 0.435 e. The van der Waals surface area contributed by atoms with Crippen LogP contribution in [0.15, 0.2) is 12.1 Å². The highest BCUT2D eigenvalue weighted by Gasteiger charge is 2.12. The molecule has 0 unspecified atom stereocenters. The van der Waals surface area contributed by atoms with E-state index in [0.717, 1.165) is 0 Å². The van der Waals surface area contributed by atoms with Gasteiger partial charge in [-0.1, -0.05) is 0 Å². The first-order valence-electron chi connectivity index (χ1n) is 4.27. The predicted octanol–water partition coefficient (Wildman–Crippen LogP) is 2.38. The summed E-state index contributed by atoms with van der Waals surface area (Å²) in [5.41, 5.74) is 6.48. The number of hydrogen-bond acceptors (Lipinski definition) is 3.